The van der Waals surface area contributed by atoms with Crippen LogP contribution >= 0.6 is 0 Å². The quantitative estimate of drug-likeness (QED) is 0.880. The van der Waals surface area contributed by atoms with E-state index in [-0.39, 0.29) is 6.04 Å². The minimum atomic E-state index is 0.114. The van der Waals surface area contributed by atoms with Crippen molar-refractivity contribution in [2.45, 2.75) is 33.4 Å². The summed E-state index contributed by atoms with van der Waals surface area (Å²) in [5.41, 5.74) is 1.97. The maximum Gasteiger partial charge on any atom is 0.211 e. The van der Waals surface area contributed by atoms with E-state index >= 15 is 0 Å². The minimum Gasteiger partial charge on any atom is -0.437 e. The van der Waals surface area contributed by atoms with Gasteiger partial charge in [0.05, 0.1) is 17.9 Å². The van der Waals surface area contributed by atoms with Crippen molar-refractivity contribution < 1.29 is 4.42 Å². The molecule has 0 aliphatic rings. The zero-order valence-electron chi connectivity index (χ0n) is 10.7. The van der Waals surface area contributed by atoms with Gasteiger partial charge < -0.3 is 9.73 Å². The number of aryl methyl sites for hydroxylation is 2. The van der Waals surface area contributed by atoms with Crippen LogP contribution in [0.25, 0.3) is 11.5 Å². The number of aromatic nitrogens is 3. The van der Waals surface area contributed by atoms with Crippen molar-refractivity contribution in [3.05, 3.63) is 23.8 Å². The Morgan fingerprint density at radius 3 is 2.94 bits per heavy atom. The lowest BCUT2D eigenvalue weighted by atomic mass is 10.3. The highest BCUT2D eigenvalue weighted by Crippen LogP contribution is 2.23. The zero-order valence-corrected chi connectivity index (χ0v) is 10.7. The predicted octanol–water partition coefficient (Wildman–Crippen LogP) is 2.15. The lowest BCUT2D eigenvalue weighted by Crippen LogP contribution is -2.12. The molecule has 0 radical (unpaired) electrons. The molecule has 0 aliphatic heterocycles. The first-order valence-corrected chi connectivity index (χ1v) is 5.83. The predicted molar refractivity (Wildman–Crippen MR) is 65.6 cm³/mol. The molecule has 2 aromatic heterocycles. The molecule has 1 atom stereocenters. The van der Waals surface area contributed by atoms with Crippen LogP contribution in [0.1, 0.15) is 31.5 Å². The lowest BCUT2D eigenvalue weighted by Gasteiger charge is -2.04. The number of nitrogens with one attached hydrogen (secondary N) is 1. The van der Waals surface area contributed by atoms with Crippen molar-refractivity contribution in [1.29, 1.82) is 0 Å². The van der Waals surface area contributed by atoms with Crippen LogP contribution < -0.4 is 5.32 Å². The minimum absolute atomic E-state index is 0.114. The van der Waals surface area contributed by atoms with Crippen LogP contribution in [0, 0.1) is 6.92 Å². The second kappa shape index (κ2) is 4.71. The third kappa shape index (κ3) is 2.24. The van der Waals surface area contributed by atoms with Crippen LogP contribution in [0.3, 0.4) is 0 Å². The van der Waals surface area contributed by atoms with E-state index in [2.05, 4.69) is 22.3 Å². The molecule has 2 heterocycles. The molecular weight excluding hydrogens is 216 g/mol. The lowest BCUT2D eigenvalue weighted by molar-refractivity contribution is 0.438. The molecule has 0 fully saturated rings. The Bertz CT molecular complexity index is 500. The van der Waals surface area contributed by atoms with Gasteiger partial charge in [0.1, 0.15) is 5.69 Å². The first-order chi connectivity index (χ1) is 8.15. The first kappa shape index (κ1) is 11.9. The Morgan fingerprint density at radius 2 is 2.29 bits per heavy atom. The van der Waals surface area contributed by atoms with Gasteiger partial charge in [-0.15, -0.1) is 0 Å². The normalized spacial score (nSPS) is 12.9. The molecule has 0 aromatic carbocycles. The summed E-state index contributed by atoms with van der Waals surface area (Å²) in [4.78, 5) is 4.28. The zero-order chi connectivity index (χ0) is 12.4. The summed E-state index contributed by atoms with van der Waals surface area (Å²) in [6.45, 7) is 6.87. The number of nitrogens with zero attached hydrogens (tertiary/aromatic N) is 3. The van der Waals surface area contributed by atoms with Gasteiger partial charge in [-0.25, -0.2) is 4.98 Å². The van der Waals surface area contributed by atoms with Gasteiger partial charge in [-0.05, 0) is 33.9 Å². The molecule has 17 heavy (non-hydrogen) atoms. The molecule has 0 bridgehead atoms. The Kier molecular flexibility index (Phi) is 3.28. The summed E-state index contributed by atoms with van der Waals surface area (Å²) in [5.74, 6) is 1.47. The van der Waals surface area contributed by atoms with Crippen molar-refractivity contribution in [3.63, 3.8) is 0 Å². The van der Waals surface area contributed by atoms with Crippen LogP contribution in [0.15, 0.2) is 16.7 Å². The Hall–Kier alpha value is -1.62. The van der Waals surface area contributed by atoms with Gasteiger partial charge in [-0.2, -0.15) is 5.10 Å². The molecule has 5 nitrogen and oxygen atoms in total. The molecule has 2 rings (SSSR count). The van der Waals surface area contributed by atoms with E-state index in [0.717, 1.165) is 23.7 Å². The molecule has 1 unspecified atom stereocenters. The second-order valence-electron chi connectivity index (χ2n) is 4.06. The number of hydrogen-bond acceptors (Lipinski definition) is 4. The third-order valence-corrected chi connectivity index (χ3v) is 2.78. The highest BCUT2D eigenvalue weighted by atomic mass is 16.4. The summed E-state index contributed by atoms with van der Waals surface area (Å²) < 4.78 is 7.66. The fourth-order valence-electron chi connectivity index (χ4n) is 1.71. The highest BCUT2D eigenvalue weighted by Gasteiger charge is 2.14. The van der Waals surface area contributed by atoms with Crippen LogP contribution in [0.5, 0.6) is 0 Å². The highest BCUT2D eigenvalue weighted by molar-refractivity contribution is 5.52. The van der Waals surface area contributed by atoms with Crippen LogP contribution in [-0.2, 0) is 6.54 Å². The van der Waals surface area contributed by atoms with Crippen LogP contribution in [0.4, 0.5) is 0 Å². The van der Waals surface area contributed by atoms with Crippen molar-refractivity contribution in [3.8, 4) is 11.5 Å². The van der Waals surface area contributed by atoms with E-state index in [1.54, 1.807) is 6.20 Å². The summed E-state index contributed by atoms with van der Waals surface area (Å²) in [6, 6.07) is 2.13. The molecular formula is C12H18N4O. The van der Waals surface area contributed by atoms with Gasteiger partial charge in [0.25, 0.3) is 0 Å². The molecule has 0 saturated heterocycles. The van der Waals surface area contributed by atoms with Crippen molar-refractivity contribution in [2.75, 3.05) is 7.05 Å². The maximum absolute atomic E-state index is 5.74. The average molecular weight is 234 g/mol. The molecule has 0 aliphatic carbocycles. The molecule has 5 heteroatoms. The Morgan fingerprint density at radius 1 is 1.53 bits per heavy atom. The standard InChI is InChI=1S/C12H18N4O/c1-5-16-10(6-8(2)15-16)11-7-14-12(17-11)9(3)13-4/h6-7,9,13H,5H2,1-4H3. The maximum atomic E-state index is 5.74. The van der Waals surface area contributed by atoms with Crippen molar-refractivity contribution in [1.82, 2.24) is 20.1 Å². The van der Waals surface area contributed by atoms with Crippen molar-refractivity contribution in [2.24, 2.45) is 0 Å². The van der Waals surface area contributed by atoms with Gasteiger partial charge >= 0.3 is 0 Å². The van der Waals surface area contributed by atoms with Crippen LogP contribution in [-0.4, -0.2) is 21.8 Å². The molecule has 0 spiro atoms. The van der Waals surface area contributed by atoms with Crippen molar-refractivity contribution >= 4 is 0 Å². The second-order valence-corrected chi connectivity index (χ2v) is 4.06. The summed E-state index contributed by atoms with van der Waals surface area (Å²) in [7, 11) is 1.88. The van der Waals surface area contributed by atoms with E-state index in [9.17, 15) is 0 Å². The molecule has 1 N–H and O–H groups in total. The van der Waals surface area contributed by atoms with Crippen LogP contribution in [0.2, 0.25) is 0 Å². The summed E-state index contributed by atoms with van der Waals surface area (Å²) >= 11 is 0. The van der Waals surface area contributed by atoms with E-state index in [1.807, 2.05) is 31.6 Å². The molecule has 92 valence electrons. The molecule has 2 aromatic rings. The van der Waals surface area contributed by atoms with E-state index in [1.165, 1.54) is 0 Å². The van der Waals surface area contributed by atoms with Gasteiger partial charge in [-0.3, -0.25) is 4.68 Å². The van der Waals surface area contributed by atoms with Gasteiger partial charge in [0, 0.05) is 6.54 Å². The van der Waals surface area contributed by atoms with Gasteiger partial charge in [0.2, 0.25) is 5.89 Å². The van der Waals surface area contributed by atoms with E-state index in [0.29, 0.717) is 5.89 Å². The van der Waals surface area contributed by atoms with E-state index in [4.69, 9.17) is 4.42 Å². The number of oxazole rings is 1. The first-order valence-electron chi connectivity index (χ1n) is 5.83. The SMILES string of the molecule is CCn1nc(C)cc1-c1cnc(C(C)NC)o1. The fraction of sp³-hybridized carbons (Fsp3) is 0.500. The molecule has 0 amide bonds. The van der Waals surface area contributed by atoms with E-state index < -0.39 is 0 Å². The smallest absolute Gasteiger partial charge is 0.211 e. The third-order valence-electron chi connectivity index (χ3n) is 2.78. The number of rotatable bonds is 4. The monoisotopic (exact) mass is 234 g/mol. The molecule has 0 saturated carbocycles. The fourth-order valence-corrected chi connectivity index (χ4v) is 1.71. The number of hydrogen-bond donors (Lipinski definition) is 1. The summed E-state index contributed by atoms with van der Waals surface area (Å²) in [5, 5.41) is 7.49. The Balaban J connectivity index is 2.36. The topological polar surface area (TPSA) is 55.9 Å². The van der Waals surface area contributed by atoms with Gasteiger partial charge in [0.15, 0.2) is 5.76 Å². The summed E-state index contributed by atoms with van der Waals surface area (Å²) in [6.07, 6.45) is 1.76. The largest absolute Gasteiger partial charge is 0.437 e. The average Bonchev–Trinajstić information content (AvgIpc) is 2.93. The Labute approximate surface area is 101 Å². The van der Waals surface area contributed by atoms with Gasteiger partial charge in [-0.1, -0.05) is 0 Å².